The number of aliphatic imine (C=N–C) groups is 1. The topological polar surface area (TPSA) is 48.5 Å². The van der Waals surface area contributed by atoms with Crippen LogP contribution in [0.25, 0.3) is 0 Å². The number of hydrogen-bond acceptors (Lipinski definition) is 2. The average Bonchev–Trinajstić information content (AvgIpc) is 2.02. The van der Waals surface area contributed by atoms with Crippen LogP contribution in [0.1, 0.15) is 27.7 Å². The number of likely N-dealkylation sites (N-methyl/N-ethyl adjacent to an activating group) is 1. The molecule has 0 unspecified atom stereocenters. The van der Waals surface area contributed by atoms with Gasteiger partial charge in [-0.25, -0.2) is 0 Å². The molecule has 0 aliphatic heterocycles. The van der Waals surface area contributed by atoms with Gasteiger partial charge in [0.25, 0.3) is 0 Å². The molecule has 0 amide bonds. The van der Waals surface area contributed by atoms with Gasteiger partial charge in [0.2, 0.25) is 0 Å². The van der Waals surface area contributed by atoms with Gasteiger partial charge in [-0.05, 0) is 34.7 Å². The molecule has 0 fully saturated rings. The first-order valence-electron chi connectivity index (χ1n) is 5.29. The van der Waals surface area contributed by atoms with Gasteiger partial charge in [0.1, 0.15) is 0 Å². The standard InChI is InChI=1S/C10H24N4/c1-8(2)13-10(14-9(3)4)12-7-6-11-5/h8-9,11H,6-7H2,1-5H3,(H2,12,13,14). The molecule has 0 aromatic heterocycles. The fourth-order valence-electron chi connectivity index (χ4n) is 0.971. The Morgan fingerprint density at radius 2 is 1.79 bits per heavy atom. The van der Waals surface area contributed by atoms with E-state index in [2.05, 4.69) is 48.6 Å². The van der Waals surface area contributed by atoms with Gasteiger partial charge >= 0.3 is 0 Å². The van der Waals surface area contributed by atoms with Crippen molar-refractivity contribution in [3.63, 3.8) is 0 Å². The SMILES string of the molecule is CNCCN/C(=N/C(C)C)NC(C)C. The quantitative estimate of drug-likeness (QED) is 0.345. The van der Waals surface area contributed by atoms with Crippen molar-refractivity contribution in [1.82, 2.24) is 16.0 Å². The highest BCUT2D eigenvalue weighted by molar-refractivity contribution is 5.80. The monoisotopic (exact) mass is 200 g/mol. The van der Waals surface area contributed by atoms with E-state index in [0.29, 0.717) is 12.1 Å². The Balaban J connectivity index is 3.98. The summed E-state index contributed by atoms with van der Waals surface area (Å²) in [7, 11) is 1.94. The van der Waals surface area contributed by atoms with Gasteiger partial charge in [-0.3, -0.25) is 4.99 Å². The van der Waals surface area contributed by atoms with Gasteiger partial charge in [0, 0.05) is 25.2 Å². The van der Waals surface area contributed by atoms with Gasteiger partial charge in [-0.2, -0.15) is 0 Å². The molecule has 0 atom stereocenters. The van der Waals surface area contributed by atoms with Gasteiger partial charge in [0.15, 0.2) is 5.96 Å². The normalized spacial score (nSPS) is 12.4. The maximum absolute atomic E-state index is 4.46. The highest BCUT2D eigenvalue weighted by Crippen LogP contribution is 1.86. The van der Waals surface area contributed by atoms with E-state index >= 15 is 0 Å². The van der Waals surface area contributed by atoms with Crippen molar-refractivity contribution in [2.75, 3.05) is 20.1 Å². The molecule has 14 heavy (non-hydrogen) atoms. The summed E-state index contributed by atoms with van der Waals surface area (Å²) in [6, 6.07) is 0.730. The molecule has 0 radical (unpaired) electrons. The van der Waals surface area contributed by atoms with Crippen LogP contribution in [0.2, 0.25) is 0 Å². The molecule has 0 aromatic rings. The molecule has 0 heterocycles. The minimum Gasteiger partial charge on any atom is -0.355 e. The summed E-state index contributed by atoms with van der Waals surface area (Å²) in [5.74, 6) is 0.894. The number of guanidine groups is 1. The molecule has 4 heteroatoms. The lowest BCUT2D eigenvalue weighted by Crippen LogP contribution is -2.43. The largest absolute Gasteiger partial charge is 0.355 e. The van der Waals surface area contributed by atoms with Crippen LogP contribution in [0.5, 0.6) is 0 Å². The maximum Gasteiger partial charge on any atom is 0.191 e. The maximum atomic E-state index is 4.46. The molecule has 0 saturated heterocycles. The summed E-state index contributed by atoms with van der Waals surface area (Å²) in [4.78, 5) is 4.46. The highest BCUT2D eigenvalue weighted by Gasteiger charge is 2.00. The van der Waals surface area contributed by atoms with Crippen molar-refractivity contribution in [2.45, 2.75) is 39.8 Å². The van der Waals surface area contributed by atoms with E-state index in [1.165, 1.54) is 0 Å². The highest BCUT2D eigenvalue weighted by atomic mass is 15.2. The van der Waals surface area contributed by atoms with E-state index in [0.717, 1.165) is 19.0 Å². The van der Waals surface area contributed by atoms with Gasteiger partial charge in [0.05, 0.1) is 0 Å². The lowest BCUT2D eigenvalue weighted by molar-refractivity contribution is 0.671. The fraction of sp³-hybridized carbons (Fsp3) is 0.900. The second-order valence-corrected chi connectivity index (χ2v) is 3.90. The summed E-state index contributed by atoms with van der Waals surface area (Å²) in [6.45, 7) is 10.2. The molecule has 0 aromatic carbocycles. The molecule has 0 bridgehead atoms. The van der Waals surface area contributed by atoms with Crippen molar-refractivity contribution in [3.8, 4) is 0 Å². The zero-order valence-corrected chi connectivity index (χ0v) is 10.0. The predicted molar refractivity (Wildman–Crippen MR) is 62.8 cm³/mol. The summed E-state index contributed by atoms with van der Waals surface area (Å²) in [5, 5.41) is 9.63. The molecule has 4 nitrogen and oxygen atoms in total. The second-order valence-electron chi connectivity index (χ2n) is 3.90. The molecule has 0 saturated carbocycles. The Morgan fingerprint density at radius 3 is 2.21 bits per heavy atom. The molecular formula is C10H24N4. The first kappa shape index (κ1) is 13.2. The Morgan fingerprint density at radius 1 is 1.14 bits per heavy atom. The summed E-state index contributed by atoms with van der Waals surface area (Å²) in [6.07, 6.45) is 0. The van der Waals surface area contributed by atoms with Crippen LogP contribution in [0, 0.1) is 0 Å². The third kappa shape index (κ3) is 7.86. The zero-order chi connectivity index (χ0) is 11.0. The van der Waals surface area contributed by atoms with Crippen LogP contribution in [-0.4, -0.2) is 38.2 Å². The zero-order valence-electron chi connectivity index (χ0n) is 10.0. The smallest absolute Gasteiger partial charge is 0.191 e. The van der Waals surface area contributed by atoms with Crippen molar-refractivity contribution in [2.24, 2.45) is 4.99 Å². The van der Waals surface area contributed by atoms with E-state index in [1.54, 1.807) is 0 Å². The predicted octanol–water partition coefficient (Wildman–Crippen LogP) is 0.558. The number of nitrogens with one attached hydrogen (secondary N) is 3. The van der Waals surface area contributed by atoms with Crippen molar-refractivity contribution >= 4 is 5.96 Å². The Labute approximate surface area is 87.6 Å². The minimum absolute atomic E-state index is 0.318. The third-order valence-electron chi connectivity index (χ3n) is 1.48. The first-order chi connectivity index (χ1) is 6.56. The van der Waals surface area contributed by atoms with E-state index in [1.807, 2.05) is 7.05 Å². The van der Waals surface area contributed by atoms with Crippen molar-refractivity contribution in [3.05, 3.63) is 0 Å². The third-order valence-corrected chi connectivity index (χ3v) is 1.48. The van der Waals surface area contributed by atoms with Crippen LogP contribution in [0.3, 0.4) is 0 Å². The first-order valence-corrected chi connectivity index (χ1v) is 5.29. The van der Waals surface area contributed by atoms with Crippen LogP contribution < -0.4 is 16.0 Å². The Kier molecular flexibility index (Phi) is 7.20. The van der Waals surface area contributed by atoms with E-state index in [4.69, 9.17) is 0 Å². The Hall–Kier alpha value is -0.770. The lowest BCUT2D eigenvalue weighted by Gasteiger charge is -2.15. The molecule has 0 spiro atoms. The van der Waals surface area contributed by atoms with Crippen LogP contribution in [0.4, 0.5) is 0 Å². The summed E-state index contributed by atoms with van der Waals surface area (Å²) in [5.41, 5.74) is 0. The number of rotatable bonds is 5. The average molecular weight is 200 g/mol. The van der Waals surface area contributed by atoms with Gasteiger partial charge in [-0.15, -0.1) is 0 Å². The van der Waals surface area contributed by atoms with Crippen LogP contribution in [0.15, 0.2) is 4.99 Å². The molecule has 0 aliphatic carbocycles. The number of nitrogens with zero attached hydrogens (tertiary/aromatic N) is 1. The van der Waals surface area contributed by atoms with E-state index in [-0.39, 0.29) is 0 Å². The number of hydrogen-bond donors (Lipinski definition) is 3. The van der Waals surface area contributed by atoms with Crippen LogP contribution in [-0.2, 0) is 0 Å². The molecule has 3 N–H and O–H groups in total. The van der Waals surface area contributed by atoms with Crippen molar-refractivity contribution < 1.29 is 0 Å². The van der Waals surface area contributed by atoms with Gasteiger partial charge in [-0.1, -0.05) is 0 Å². The van der Waals surface area contributed by atoms with E-state index in [9.17, 15) is 0 Å². The molecular weight excluding hydrogens is 176 g/mol. The molecule has 84 valence electrons. The van der Waals surface area contributed by atoms with Gasteiger partial charge < -0.3 is 16.0 Å². The molecule has 0 rings (SSSR count). The minimum atomic E-state index is 0.318. The lowest BCUT2D eigenvalue weighted by atomic mass is 10.4. The summed E-state index contributed by atoms with van der Waals surface area (Å²) < 4.78 is 0. The van der Waals surface area contributed by atoms with Crippen LogP contribution >= 0.6 is 0 Å². The summed E-state index contributed by atoms with van der Waals surface area (Å²) >= 11 is 0. The fourth-order valence-corrected chi connectivity index (χ4v) is 0.971. The van der Waals surface area contributed by atoms with Crippen molar-refractivity contribution in [1.29, 1.82) is 0 Å². The van der Waals surface area contributed by atoms with E-state index < -0.39 is 0 Å². The second kappa shape index (κ2) is 7.62. The Bertz CT molecular complexity index is 164. The molecule has 0 aliphatic rings.